The van der Waals surface area contributed by atoms with E-state index in [2.05, 4.69) is 26.6 Å². The van der Waals surface area contributed by atoms with E-state index >= 15 is 0 Å². The van der Waals surface area contributed by atoms with Crippen molar-refractivity contribution in [3.8, 4) is 5.75 Å². The van der Waals surface area contributed by atoms with Crippen LogP contribution in [0.25, 0.3) is 0 Å². The molecule has 0 aliphatic carbocycles. The third-order valence-corrected chi connectivity index (χ3v) is 9.93. The fourth-order valence-corrected chi connectivity index (χ4v) is 6.29. The van der Waals surface area contributed by atoms with Crippen molar-refractivity contribution in [2.75, 3.05) is 33.0 Å². The summed E-state index contributed by atoms with van der Waals surface area (Å²) in [6, 6.07) is -10.0. The number of carboxylic acid groups (broad SMARTS) is 2. The first kappa shape index (κ1) is 55.6. The van der Waals surface area contributed by atoms with Crippen molar-refractivity contribution in [3.63, 3.8) is 0 Å². The van der Waals surface area contributed by atoms with Gasteiger partial charge in [-0.25, -0.2) is 4.79 Å². The number of benzene rings is 1. The van der Waals surface area contributed by atoms with E-state index in [-0.39, 0.29) is 31.6 Å². The standard InChI is InChI=1S/C38H57N9O19/c1-16(52)28(36(63)43-24(14-50)34(61)46-29(17(2)53)38(65)66)45-33(60)23(13-49)42-35(62)26-4-3-9-47(26)37(64)25(15-51)44-31(58)21(11-27(55)56)40-32(59)22(12-48)41-30(57)20(39)10-18-5-7-19(54)8-6-18/h5-8,16-17,20-26,28-29,48-54H,3-4,9-15,39H2,1-2H3,(H,40,59)(H,41,57)(H,42,62)(H,43,63)(H,44,58)(H,45,60)(H,46,61)(H,55,56)(H,65,66)/t16?,17?,20-,21-,22-,23-,24-,25-,26-,28-,29-/m0/s1. The summed E-state index contributed by atoms with van der Waals surface area (Å²) in [5.41, 5.74) is 6.45. The summed E-state index contributed by atoms with van der Waals surface area (Å²) in [4.78, 5) is 129. The second-order valence-corrected chi connectivity index (χ2v) is 15.1. The molecule has 368 valence electrons. The van der Waals surface area contributed by atoms with Gasteiger partial charge in [0.2, 0.25) is 47.3 Å². The van der Waals surface area contributed by atoms with Gasteiger partial charge in [0, 0.05) is 6.54 Å². The van der Waals surface area contributed by atoms with Gasteiger partial charge in [-0.15, -0.1) is 0 Å². The summed E-state index contributed by atoms with van der Waals surface area (Å²) in [5, 5.41) is 102. The van der Waals surface area contributed by atoms with Crippen LogP contribution in [-0.2, 0) is 54.4 Å². The Labute approximate surface area is 375 Å². The molecule has 28 nitrogen and oxygen atoms in total. The number of nitrogens with one attached hydrogen (secondary N) is 7. The highest BCUT2D eigenvalue weighted by atomic mass is 16.4. The van der Waals surface area contributed by atoms with E-state index in [1.807, 2.05) is 10.6 Å². The molecule has 0 aromatic heterocycles. The highest BCUT2D eigenvalue weighted by Gasteiger charge is 2.41. The number of carboxylic acids is 2. The van der Waals surface area contributed by atoms with Crippen molar-refractivity contribution < 1.29 is 93.9 Å². The monoisotopic (exact) mass is 943 g/mol. The minimum atomic E-state index is -1.96. The van der Waals surface area contributed by atoms with E-state index < -0.39 is 159 Å². The van der Waals surface area contributed by atoms with Crippen LogP contribution in [0.15, 0.2) is 24.3 Å². The van der Waals surface area contributed by atoms with Crippen molar-refractivity contribution in [1.29, 1.82) is 0 Å². The minimum Gasteiger partial charge on any atom is -0.508 e. The Bertz CT molecular complexity index is 1900. The number of carbonyl (C=O) groups excluding carboxylic acids is 8. The Kier molecular flexibility index (Phi) is 22.2. The van der Waals surface area contributed by atoms with Gasteiger partial charge in [-0.05, 0) is 50.8 Å². The first-order valence-electron chi connectivity index (χ1n) is 20.2. The summed E-state index contributed by atoms with van der Waals surface area (Å²) in [7, 11) is 0. The number of nitrogens with zero attached hydrogens (tertiary/aromatic N) is 1. The molecule has 0 radical (unpaired) electrons. The second-order valence-electron chi connectivity index (χ2n) is 15.1. The van der Waals surface area contributed by atoms with Gasteiger partial charge in [0.25, 0.3) is 0 Å². The van der Waals surface area contributed by atoms with E-state index in [9.17, 15) is 93.9 Å². The predicted octanol–water partition coefficient (Wildman–Crippen LogP) is -9.06. The average molecular weight is 944 g/mol. The van der Waals surface area contributed by atoms with Crippen LogP contribution in [0.1, 0.15) is 38.7 Å². The van der Waals surface area contributed by atoms with Crippen LogP contribution in [0.3, 0.4) is 0 Å². The molecule has 66 heavy (non-hydrogen) atoms. The van der Waals surface area contributed by atoms with Crippen LogP contribution < -0.4 is 43.0 Å². The lowest BCUT2D eigenvalue weighted by atomic mass is 10.1. The molecular weight excluding hydrogens is 886 g/mol. The molecule has 0 spiro atoms. The lowest BCUT2D eigenvalue weighted by Crippen LogP contribution is -2.63. The Hall–Kier alpha value is -6.56. The van der Waals surface area contributed by atoms with E-state index in [1.54, 1.807) is 0 Å². The van der Waals surface area contributed by atoms with Crippen LogP contribution in [0.4, 0.5) is 0 Å². The first-order valence-corrected chi connectivity index (χ1v) is 20.2. The normalized spacial score (nSPS) is 18.0. The number of likely N-dealkylation sites (tertiary alicyclic amines) is 1. The lowest BCUT2D eigenvalue weighted by Gasteiger charge is -2.30. The molecule has 8 amide bonds. The highest BCUT2D eigenvalue weighted by molar-refractivity contribution is 5.99. The molecular formula is C38H57N9O19. The summed E-state index contributed by atoms with van der Waals surface area (Å²) < 4.78 is 0. The number of hydrogen-bond donors (Lipinski definition) is 17. The number of hydrogen-bond acceptors (Lipinski definition) is 18. The summed E-state index contributed by atoms with van der Waals surface area (Å²) >= 11 is 0. The van der Waals surface area contributed by atoms with Gasteiger partial charge >= 0.3 is 11.9 Å². The molecule has 28 heteroatoms. The third-order valence-electron chi connectivity index (χ3n) is 9.93. The fourth-order valence-electron chi connectivity index (χ4n) is 6.29. The number of aromatic hydroxyl groups is 1. The van der Waals surface area contributed by atoms with Gasteiger partial charge in [-0.3, -0.25) is 43.2 Å². The molecule has 1 aliphatic rings. The van der Waals surface area contributed by atoms with Crippen molar-refractivity contribution in [1.82, 2.24) is 42.1 Å². The largest absolute Gasteiger partial charge is 0.508 e. The van der Waals surface area contributed by atoms with Crippen molar-refractivity contribution in [2.24, 2.45) is 5.73 Å². The number of nitrogens with two attached hydrogens (primary N) is 1. The Balaban J connectivity index is 2.13. The summed E-state index contributed by atoms with van der Waals surface area (Å²) in [6.07, 6.45) is -4.38. The number of aliphatic hydroxyl groups is 6. The zero-order valence-electron chi connectivity index (χ0n) is 35.7. The quantitative estimate of drug-likeness (QED) is 0.0410. The van der Waals surface area contributed by atoms with Crippen LogP contribution in [0, 0.1) is 0 Å². The van der Waals surface area contributed by atoms with Crippen molar-refractivity contribution in [3.05, 3.63) is 29.8 Å². The van der Waals surface area contributed by atoms with E-state index in [1.165, 1.54) is 24.3 Å². The van der Waals surface area contributed by atoms with E-state index in [0.29, 0.717) is 5.56 Å². The third kappa shape index (κ3) is 16.5. The number of amides is 8. The summed E-state index contributed by atoms with van der Waals surface area (Å²) in [6.45, 7) is -2.47. The van der Waals surface area contributed by atoms with Gasteiger partial charge in [0.05, 0.1) is 51.1 Å². The minimum absolute atomic E-state index is 0.0418. The number of rotatable bonds is 26. The van der Waals surface area contributed by atoms with Crippen molar-refractivity contribution in [2.45, 2.75) is 106 Å². The SMILES string of the molecule is CC(O)[C@H](NC(=O)[C@H](CO)NC(=O)[C@@H](NC(=O)[C@H](CO)NC(=O)[C@@H]1CCCN1C(=O)[C@H](CO)NC(=O)[C@H](CC(=O)O)NC(=O)[C@H](CO)NC(=O)[C@@H](N)Cc1ccc(O)cc1)C(C)O)C(=O)O. The van der Waals surface area contributed by atoms with E-state index in [0.717, 1.165) is 18.7 Å². The number of aliphatic hydroxyl groups excluding tert-OH is 6. The van der Waals surface area contributed by atoms with Crippen LogP contribution >= 0.6 is 0 Å². The van der Waals surface area contributed by atoms with Gasteiger partial charge in [0.1, 0.15) is 48.0 Å². The van der Waals surface area contributed by atoms with Gasteiger partial charge in [0.15, 0.2) is 6.04 Å². The van der Waals surface area contributed by atoms with Crippen molar-refractivity contribution >= 4 is 59.2 Å². The second kappa shape index (κ2) is 26.4. The number of aliphatic carboxylic acids is 2. The van der Waals surface area contributed by atoms with Gasteiger partial charge < -0.3 is 93.8 Å². The number of phenols is 1. The zero-order valence-corrected chi connectivity index (χ0v) is 35.7. The Morgan fingerprint density at radius 3 is 1.55 bits per heavy atom. The molecule has 1 aliphatic heterocycles. The number of carbonyl (C=O) groups is 10. The number of phenolic OH excluding ortho intramolecular Hbond substituents is 1. The molecule has 1 aromatic rings. The predicted molar refractivity (Wildman–Crippen MR) is 220 cm³/mol. The highest BCUT2D eigenvalue weighted by Crippen LogP contribution is 2.19. The van der Waals surface area contributed by atoms with Gasteiger partial charge in [-0.1, -0.05) is 12.1 Å². The van der Waals surface area contributed by atoms with Crippen LogP contribution in [0.5, 0.6) is 5.75 Å². The van der Waals surface area contributed by atoms with Crippen LogP contribution in [-0.4, -0.2) is 210 Å². The molecule has 18 N–H and O–H groups in total. The maximum absolute atomic E-state index is 13.6. The average Bonchev–Trinajstić information content (AvgIpc) is 3.76. The molecule has 1 fully saturated rings. The van der Waals surface area contributed by atoms with Crippen LogP contribution in [0.2, 0.25) is 0 Å². The molecule has 1 saturated heterocycles. The topological polar surface area (TPSA) is 466 Å². The fraction of sp³-hybridized carbons (Fsp3) is 0.579. The summed E-state index contributed by atoms with van der Waals surface area (Å²) in [5.74, 6) is -12.8. The van der Waals surface area contributed by atoms with E-state index in [4.69, 9.17) is 5.73 Å². The zero-order chi connectivity index (χ0) is 50.0. The molecule has 0 saturated carbocycles. The smallest absolute Gasteiger partial charge is 0.328 e. The first-order chi connectivity index (χ1) is 31.0. The van der Waals surface area contributed by atoms with Gasteiger partial charge in [-0.2, -0.15) is 0 Å². The molecule has 2 rings (SSSR count). The molecule has 1 aromatic carbocycles. The molecule has 2 unspecified atom stereocenters. The lowest BCUT2D eigenvalue weighted by molar-refractivity contribution is -0.145. The molecule has 0 bridgehead atoms. The molecule has 1 heterocycles. The molecule has 11 atom stereocenters. The maximum Gasteiger partial charge on any atom is 0.328 e. The Morgan fingerprint density at radius 1 is 0.621 bits per heavy atom. The Morgan fingerprint density at radius 2 is 1.06 bits per heavy atom. The maximum atomic E-state index is 13.6.